The van der Waals surface area contributed by atoms with Crippen molar-refractivity contribution in [3.05, 3.63) is 29.8 Å². The maximum Gasteiger partial charge on any atom is 0.358 e. The molecule has 2 aromatic rings. The van der Waals surface area contributed by atoms with Gasteiger partial charge in [0.1, 0.15) is 11.6 Å². The molecule has 0 saturated carbocycles. The number of ether oxygens (including phenoxy) is 1. The first kappa shape index (κ1) is 12.4. The Balaban J connectivity index is 2.71. The highest BCUT2D eigenvalue weighted by molar-refractivity contribution is 5.95. The monoisotopic (exact) mass is 249 g/mol. The Morgan fingerprint density at radius 3 is 2.94 bits per heavy atom. The molecule has 1 unspecified atom stereocenters. The molecule has 2 aromatic heterocycles. The SMILES string of the molecule is CNC(C)c1nc(C(=O)OC)c2cc(O)ccn12. The van der Waals surface area contributed by atoms with E-state index in [-0.39, 0.29) is 17.5 Å². The molecule has 0 aliphatic carbocycles. The highest BCUT2D eigenvalue weighted by Gasteiger charge is 2.20. The van der Waals surface area contributed by atoms with Gasteiger partial charge in [-0.15, -0.1) is 0 Å². The van der Waals surface area contributed by atoms with Gasteiger partial charge in [0, 0.05) is 12.3 Å². The van der Waals surface area contributed by atoms with Crippen LogP contribution >= 0.6 is 0 Å². The van der Waals surface area contributed by atoms with E-state index in [1.165, 1.54) is 13.2 Å². The van der Waals surface area contributed by atoms with E-state index in [0.29, 0.717) is 11.3 Å². The van der Waals surface area contributed by atoms with Gasteiger partial charge in [-0.25, -0.2) is 9.78 Å². The predicted octanol–water partition coefficient (Wildman–Crippen LogP) is 1.11. The number of pyridine rings is 1. The molecule has 0 aliphatic heterocycles. The number of hydrogen-bond donors (Lipinski definition) is 2. The van der Waals surface area contributed by atoms with Gasteiger partial charge >= 0.3 is 5.97 Å². The summed E-state index contributed by atoms with van der Waals surface area (Å²) in [5, 5.41) is 12.6. The van der Waals surface area contributed by atoms with Crippen molar-refractivity contribution in [2.75, 3.05) is 14.2 Å². The van der Waals surface area contributed by atoms with E-state index in [1.807, 2.05) is 14.0 Å². The number of esters is 1. The zero-order chi connectivity index (χ0) is 13.3. The van der Waals surface area contributed by atoms with Gasteiger partial charge in [0.15, 0.2) is 5.69 Å². The lowest BCUT2D eigenvalue weighted by Gasteiger charge is -2.08. The van der Waals surface area contributed by atoms with Gasteiger partial charge in [-0.3, -0.25) is 0 Å². The third kappa shape index (κ3) is 1.91. The molecule has 0 fully saturated rings. The smallest absolute Gasteiger partial charge is 0.358 e. The fraction of sp³-hybridized carbons (Fsp3) is 0.333. The van der Waals surface area contributed by atoms with Crippen LogP contribution in [0.2, 0.25) is 0 Å². The Morgan fingerprint density at radius 1 is 1.61 bits per heavy atom. The second kappa shape index (κ2) is 4.66. The molecule has 0 aliphatic rings. The molecular weight excluding hydrogens is 234 g/mol. The van der Waals surface area contributed by atoms with Crippen LogP contribution in [0, 0.1) is 0 Å². The van der Waals surface area contributed by atoms with Crippen LogP contribution in [0.1, 0.15) is 29.3 Å². The molecule has 0 radical (unpaired) electrons. The molecule has 2 rings (SSSR count). The average molecular weight is 249 g/mol. The number of nitrogens with one attached hydrogen (secondary N) is 1. The normalized spacial score (nSPS) is 12.6. The number of rotatable bonds is 3. The summed E-state index contributed by atoms with van der Waals surface area (Å²) >= 11 is 0. The van der Waals surface area contributed by atoms with E-state index in [9.17, 15) is 9.90 Å². The van der Waals surface area contributed by atoms with Crippen LogP contribution in [0.25, 0.3) is 5.52 Å². The summed E-state index contributed by atoms with van der Waals surface area (Å²) in [4.78, 5) is 15.9. The second-order valence-corrected chi connectivity index (χ2v) is 3.96. The van der Waals surface area contributed by atoms with Crippen molar-refractivity contribution >= 4 is 11.5 Å². The molecular formula is C12H15N3O3. The van der Waals surface area contributed by atoms with Crippen LogP contribution in [0.15, 0.2) is 18.3 Å². The molecule has 0 aromatic carbocycles. The standard InChI is InChI=1S/C12H15N3O3/c1-7(13-2)11-14-10(12(17)18-3)9-6-8(16)4-5-15(9)11/h4-7,13,16H,1-3H3. The highest BCUT2D eigenvalue weighted by Crippen LogP contribution is 2.22. The Morgan fingerprint density at radius 2 is 2.33 bits per heavy atom. The average Bonchev–Trinajstić information content (AvgIpc) is 2.75. The molecule has 1 atom stereocenters. The van der Waals surface area contributed by atoms with E-state index >= 15 is 0 Å². The number of methoxy groups -OCH3 is 1. The van der Waals surface area contributed by atoms with Gasteiger partial charge in [-0.1, -0.05) is 0 Å². The Labute approximate surface area is 104 Å². The first-order valence-electron chi connectivity index (χ1n) is 5.55. The highest BCUT2D eigenvalue weighted by atomic mass is 16.5. The summed E-state index contributed by atoms with van der Waals surface area (Å²) in [6, 6.07) is 3.01. The molecule has 96 valence electrons. The lowest BCUT2D eigenvalue weighted by Crippen LogP contribution is -2.15. The van der Waals surface area contributed by atoms with Crippen molar-refractivity contribution < 1.29 is 14.6 Å². The first-order valence-corrected chi connectivity index (χ1v) is 5.55. The molecule has 0 bridgehead atoms. The number of aromatic nitrogens is 2. The predicted molar refractivity (Wildman–Crippen MR) is 65.7 cm³/mol. The van der Waals surface area contributed by atoms with Crippen LogP contribution in [0.4, 0.5) is 0 Å². The summed E-state index contributed by atoms with van der Waals surface area (Å²) in [6.07, 6.45) is 1.67. The van der Waals surface area contributed by atoms with Crippen LogP contribution in [-0.4, -0.2) is 34.6 Å². The van der Waals surface area contributed by atoms with Crippen LogP contribution < -0.4 is 5.32 Å². The molecule has 18 heavy (non-hydrogen) atoms. The fourth-order valence-electron chi connectivity index (χ4n) is 1.78. The van der Waals surface area contributed by atoms with E-state index in [4.69, 9.17) is 4.74 Å². The number of carbonyl (C=O) groups excluding carboxylic acids is 1. The lowest BCUT2D eigenvalue weighted by molar-refractivity contribution is 0.0596. The van der Waals surface area contributed by atoms with Gasteiger partial charge in [0.2, 0.25) is 0 Å². The van der Waals surface area contributed by atoms with Gasteiger partial charge in [-0.2, -0.15) is 0 Å². The maximum atomic E-state index is 11.7. The number of hydrogen-bond acceptors (Lipinski definition) is 5. The van der Waals surface area contributed by atoms with Crippen molar-refractivity contribution in [2.45, 2.75) is 13.0 Å². The number of imidazole rings is 1. The van der Waals surface area contributed by atoms with Gasteiger partial charge < -0.3 is 19.6 Å². The fourth-order valence-corrected chi connectivity index (χ4v) is 1.78. The van der Waals surface area contributed by atoms with Gasteiger partial charge in [-0.05, 0) is 20.0 Å². The molecule has 6 heteroatoms. The number of nitrogens with zero attached hydrogens (tertiary/aromatic N) is 2. The quantitative estimate of drug-likeness (QED) is 0.797. The van der Waals surface area contributed by atoms with E-state index < -0.39 is 5.97 Å². The Bertz CT molecular complexity index is 592. The minimum Gasteiger partial charge on any atom is -0.508 e. The molecule has 0 saturated heterocycles. The van der Waals surface area contributed by atoms with Crippen molar-refractivity contribution in [2.24, 2.45) is 0 Å². The van der Waals surface area contributed by atoms with Gasteiger partial charge in [0.05, 0.1) is 18.7 Å². The van der Waals surface area contributed by atoms with Crippen molar-refractivity contribution in [1.82, 2.24) is 14.7 Å². The minimum atomic E-state index is -0.521. The number of aromatic hydroxyl groups is 1. The summed E-state index contributed by atoms with van der Waals surface area (Å²) in [5.74, 6) is 0.247. The topological polar surface area (TPSA) is 75.9 Å². The molecule has 2 heterocycles. The summed E-state index contributed by atoms with van der Waals surface area (Å²) in [6.45, 7) is 1.93. The zero-order valence-electron chi connectivity index (χ0n) is 10.5. The lowest BCUT2D eigenvalue weighted by atomic mass is 10.3. The minimum absolute atomic E-state index is 0.0274. The zero-order valence-corrected chi connectivity index (χ0v) is 10.5. The van der Waals surface area contributed by atoms with E-state index in [0.717, 1.165) is 0 Å². The third-order valence-electron chi connectivity index (χ3n) is 2.85. The van der Waals surface area contributed by atoms with Crippen LogP contribution in [0.5, 0.6) is 5.75 Å². The molecule has 0 amide bonds. The van der Waals surface area contributed by atoms with Crippen molar-refractivity contribution in [1.29, 1.82) is 0 Å². The van der Waals surface area contributed by atoms with E-state index in [1.54, 1.807) is 16.7 Å². The van der Waals surface area contributed by atoms with E-state index in [2.05, 4.69) is 10.3 Å². The summed E-state index contributed by atoms with van der Waals surface area (Å²) < 4.78 is 6.45. The van der Waals surface area contributed by atoms with Crippen molar-refractivity contribution in [3.8, 4) is 5.75 Å². The van der Waals surface area contributed by atoms with Crippen LogP contribution in [0.3, 0.4) is 0 Å². The molecule has 6 nitrogen and oxygen atoms in total. The second-order valence-electron chi connectivity index (χ2n) is 3.96. The Hall–Kier alpha value is -2.08. The first-order chi connectivity index (χ1) is 8.58. The van der Waals surface area contributed by atoms with Crippen molar-refractivity contribution in [3.63, 3.8) is 0 Å². The maximum absolute atomic E-state index is 11.7. The molecule has 0 spiro atoms. The summed E-state index contributed by atoms with van der Waals surface area (Å²) in [7, 11) is 3.11. The molecule has 2 N–H and O–H groups in total. The summed E-state index contributed by atoms with van der Waals surface area (Å²) in [5.41, 5.74) is 0.726. The number of fused-ring (bicyclic) bond motifs is 1. The largest absolute Gasteiger partial charge is 0.508 e. The third-order valence-corrected chi connectivity index (χ3v) is 2.85. The number of carbonyl (C=O) groups is 1. The van der Waals surface area contributed by atoms with Gasteiger partial charge in [0.25, 0.3) is 0 Å². The van der Waals surface area contributed by atoms with Crippen LogP contribution in [-0.2, 0) is 4.74 Å². The Kier molecular flexibility index (Phi) is 3.20.